The number of nitrogens with zero attached hydrogens (tertiary/aromatic N) is 1. The Morgan fingerprint density at radius 1 is 1.14 bits per heavy atom. The van der Waals surface area contributed by atoms with E-state index in [1.807, 2.05) is 0 Å². The molecule has 0 saturated carbocycles. The first-order chi connectivity index (χ1) is 14.0. The summed E-state index contributed by atoms with van der Waals surface area (Å²) in [6.45, 7) is 0. The van der Waals surface area contributed by atoms with Crippen LogP contribution in [0.2, 0.25) is 5.02 Å². The number of benzene rings is 2. The highest BCUT2D eigenvalue weighted by molar-refractivity contribution is 9.10. The Morgan fingerprint density at radius 3 is 2.66 bits per heavy atom. The van der Waals surface area contributed by atoms with Gasteiger partial charge in [0.2, 0.25) is 0 Å². The quantitative estimate of drug-likeness (QED) is 0.294. The van der Waals surface area contributed by atoms with Gasteiger partial charge in [0.1, 0.15) is 5.75 Å². The highest BCUT2D eigenvalue weighted by Crippen LogP contribution is 2.28. The molecule has 0 saturated heterocycles. The second kappa shape index (κ2) is 8.06. The first-order valence-electron chi connectivity index (χ1n) is 8.33. The topological polar surface area (TPSA) is 78.1 Å². The number of cyclic esters (lactones) is 1. The Hall–Kier alpha value is -3.16. The number of hydrogen-bond donors (Lipinski definition) is 0. The molecule has 0 N–H and O–H groups in total. The third-order valence-electron chi connectivity index (χ3n) is 3.90. The smallest absolute Gasteiger partial charge is 0.363 e. The van der Waals surface area contributed by atoms with E-state index in [0.29, 0.717) is 21.9 Å². The van der Waals surface area contributed by atoms with Gasteiger partial charge < -0.3 is 13.9 Å². The first-order valence-corrected chi connectivity index (χ1v) is 9.50. The number of rotatable bonds is 4. The molecule has 8 heteroatoms. The fourth-order valence-corrected chi connectivity index (χ4v) is 3.04. The van der Waals surface area contributed by atoms with Gasteiger partial charge in [0.25, 0.3) is 5.90 Å². The first kappa shape index (κ1) is 19.2. The molecule has 0 atom stereocenters. The zero-order valence-electron chi connectivity index (χ0n) is 14.6. The molecule has 29 heavy (non-hydrogen) atoms. The molecule has 1 aromatic heterocycles. The number of carbonyl (C=O) groups is 2. The molecule has 0 aliphatic carbocycles. The van der Waals surface area contributed by atoms with Crippen LogP contribution in [0.25, 0.3) is 6.08 Å². The Kier molecular flexibility index (Phi) is 5.33. The standard InChI is InChI=1S/C21H11BrClNO5/c22-14-5-8-17(28-20(25)12-3-6-15(23)7-4-12)13(10-14)11-16-21(26)29-19(24-16)18-2-1-9-27-18/h1-11H/b16-11+. The summed E-state index contributed by atoms with van der Waals surface area (Å²) in [6.07, 6.45) is 2.93. The van der Waals surface area contributed by atoms with Gasteiger partial charge in [0.15, 0.2) is 11.5 Å². The van der Waals surface area contributed by atoms with Crippen molar-refractivity contribution >= 4 is 51.4 Å². The number of furan rings is 1. The van der Waals surface area contributed by atoms with Crippen LogP contribution in [0.5, 0.6) is 5.75 Å². The summed E-state index contributed by atoms with van der Waals surface area (Å²) in [7, 11) is 0. The summed E-state index contributed by atoms with van der Waals surface area (Å²) >= 11 is 9.22. The SMILES string of the molecule is O=C1OC(c2ccco2)=N/C1=C/c1cc(Br)ccc1OC(=O)c1ccc(Cl)cc1. The van der Waals surface area contributed by atoms with E-state index in [1.165, 1.54) is 12.3 Å². The van der Waals surface area contributed by atoms with Crippen LogP contribution in [-0.4, -0.2) is 17.8 Å². The van der Waals surface area contributed by atoms with Crippen LogP contribution >= 0.6 is 27.5 Å². The summed E-state index contributed by atoms with van der Waals surface area (Å²) in [4.78, 5) is 28.8. The van der Waals surface area contributed by atoms with Gasteiger partial charge in [-0.15, -0.1) is 0 Å². The highest BCUT2D eigenvalue weighted by Gasteiger charge is 2.26. The molecule has 0 amide bonds. The average Bonchev–Trinajstić information content (AvgIpc) is 3.35. The predicted octanol–water partition coefficient (Wildman–Crippen LogP) is 5.26. The van der Waals surface area contributed by atoms with E-state index in [2.05, 4.69) is 20.9 Å². The van der Waals surface area contributed by atoms with Crippen molar-refractivity contribution in [3.05, 3.63) is 92.9 Å². The van der Waals surface area contributed by atoms with E-state index in [4.69, 9.17) is 25.5 Å². The van der Waals surface area contributed by atoms with Gasteiger partial charge in [-0.1, -0.05) is 27.5 Å². The molecule has 144 valence electrons. The zero-order valence-corrected chi connectivity index (χ0v) is 16.9. The molecule has 0 unspecified atom stereocenters. The molecule has 2 aromatic carbocycles. The van der Waals surface area contributed by atoms with E-state index in [0.717, 1.165) is 4.47 Å². The van der Waals surface area contributed by atoms with Gasteiger partial charge in [-0.3, -0.25) is 0 Å². The fraction of sp³-hybridized carbons (Fsp3) is 0. The maximum atomic E-state index is 12.4. The van der Waals surface area contributed by atoms with Gasteiger partial charge in [0.05, 0.1) is 11.8 Å². The third-order valence-corrected chi connectivity index (χ3v) is 4.64. The van der Waals surface area contributed by atoms with Crippen LogP contribution in [0.3, 0.4) is 0 Å². The molecule has 0 spiro atoms. The van der Waals surface area contributed by atoms with E-state index >= 15 is 0 Å². The lowest BCUT2D eigenvalue weighted by Gasteiger charge is -2.08. The third kappa shape index (κ3) is 4.31. The van der Waals surface area contributed by atoms with Crippen LogP contribution < -0.4 is 4.74 Å². The molecule has 1 aliphatic rings. The molecule has 0 fully saturated rings. The molecule has 1 aliphatic heterocycles. The minimum Gasteiger partial charge on any atom is -0.459 e. The Morgan fingerprint density at radius 2 is 1.93 bits per heavy atom. The maximum absolute atomic E-state index is 12.4. The minimum atomic E-state index is -0.633. The van der Waals surface area contributed by atoms with Crippen LogP contribution in [-0.2, 0) is 9.53 Å². The fourth-order valence-electron chi connectivity index (χ4n) is 2.53. The predicted molar refractivity (Wildman–Crippen MR) is 110 cm³/mol. The monoisotopic (exact) mass is 471 g/mol. The summed E-state index contributed by atoms with van der Waals surface area (Å²) < 4.78 is 16.6. The van der Waals surface area contributed by atoms with Crippen LogP contribution in [0.1, 0.15) is 21.7 Å². The van der Waals surface area contributed by atoms with E-state index in [9.17, 15) is 9.59 Å². The number of esters is 2. The second-order valence-corrected chi connectivity index (χ2v) is 7.24. The molecule has 6 nitrogen and oxygen atoms in total. The lowest BCUT2D eigenvalue weighted by Crippen LogP contribution is -2.09. The van der Waals surface area contributed by atoms with E-state index in [1.54, 1.807) is 54.6 Å². The lowest BCUT2D eigenvalue weighted by molar-refractivity contribution is -0.130. The van der Waals surface area contributed by atoms with Crippen molar-refractivity contribution in [2.45, 2.75) is 0 Å². The normalized spacial score (nSPS) is 14.6. The largest absolute Gasteiger partial charge is 0.459 e. The van der Waals surface area contributed by atoms with Crippen molar-refractivity contribution in [2.24, 2.45) is 4.99 Å². The van der Waals surface area contributed by atoms with Crippen molar-refractivity contribution in [1.29, 1.82) is 0 Å². The second-order valence-electron chi connectivity index (χ2n) is 5.89. The van der Waals surface area contributed by atoms with Crippen molar-refractivity contribution in [3.8, 4) is 5.75 Å². The van der Waals surface area contributed by atoms with Gasteiger partial charge in [-0.05, 0) is 60.7 Å². The van der Waals surface area contributed by atoms with Gasteiger partial charge in [-0.25, -0.2) is 14.6 Å². The summed E-state index contributed by atoms with van der Waals surface area (Å²) in [5, 5.41) is 0.514. The molecular weight excluding hydrogens is 462 g/mol. The molecule has 0 bridgehead atoms. The minimum absolute atomic E-state index is 0.0540. The summed E-state index contributed by atoms with van der Waals surface area (Å²) in [5.41, 5.74) is 0.866. The van der Waals surface area contributed by atoms with Crippen molar-refractivity contribution < 1.29 is 23.5 Å². The molecular formula is C21H11BrClNO5. The van der Waals surface area contributed by atoms with Crippen molar-refractivity contribution in [1.82, 2.24) is 0 Å². The molecule has 0 radical (unpaired) electrons. The Labute approximate surface area is 178 Å². The van der Waals surface area contributed by atoms with Gasteiger partial charge in [-0.2, -0.15) is 0 Å². The Bertz CT molecular complexity index is 1150. The van der Waals surface area contributed by atoms with Crippen LogP contribution in [0.4, 0.5) is 0 Å². The number of aliphatic imine (C=N–C) groups is 1. The number of hydrogen-bond acceptors (Lipinski definition) is 6. The number of carbonyl (C=O) groups excluding carboxylic acids is 2. The van der Waals surface area contributed by atoms with Crippen LogP contribution in [0, 0.1) is 0 Å². The van der Waals surface area contributed by atoms with Gasteiger partial charge in [0, 0.05) is 15.1 Å². The van der Waals surface area contributed by atoms with Gasteiger partial charge >= 0.3 is 11.9 Å². The highest BCUT2D eigenvalue weighted by atomic mass is 79.9. The molecule has 4 rings (SSSR count). The number of ether oxygens (including phenoxy) is 2. The summed E-state index contributed by atoms with van der Waals surface area (Å²) in [5.74, 6) is -0.523. The zero-order chi connectivity index (χ0) is 20.4. The lowest BCUT2D eigenvalue weighted by atomic mass is 10.1. The van der Waals surface area contributed by atoms with E-state index < -0.39 is 11.9 Å². The maximum Gasteiger partial charge on any atom is 0.363 e. The van der Waals surface area contributed by atoms with Crippen molar-refractivity contribution in [3.63, 3.8) is 0 Å². The van der Waals surface area contributed by atoms with Crippen LogP contribution in [0.15, 0.2) is 80.4 Å². The van der Waals surface area contributed by atoms with Crippen molar-refractivity contribution in [2.75, 3.05) is 0 Å². The average molecular weight is 473 g/mol. The number of halogens is 2. The summed E-state index contributed by atoms with van der Waals surface area (Å²) in [6, 6.07) is 14.7. The van der Waals surface area contributed by atoms with E-state index in [-0.39, 0.29) is 17.3 Å². The molecule has 2 heterocycles. The molecule has 3 aromatic rings. The Balaban J connectivity index is 1.65.